The lowest BCUT2D eigenvalue weighted by molar-refractivity contribution is -0.118. The van der Waals surface area contributed by atoms with Gasteiger partial charge in [-0.2, -0.15) is 0 Å². The van der Waals surface area contributed by atoms with Gasteiger partial charge in [0.25, 0.3) is 5.91 Å². The molecule has 0 atom stereocenters. The molecule has 0 aromatic heterocycles. The summed E-state index contributed by atoms with van der Waals surface area (Å²) in [5.74, 6) is 0.908. The van der Waals surface area contributed by atoms with Crippen molar-refractivity contribution in [3.8, 4) is 11.5 Å². The van der Waals surface area contributed by atoms with Crippen LogP contribution in [0.1, 0.15) is 29.2 Å². The van der Waals surface area contributed by atoms with Crippen LogP contribution in [0.25, 0.3) is 0 Å². The second-order valence-electron chi connectivity index (χ2n) is 7.79. The van der Waals surface area contributed by atoms with E-state index >= 15 is 0 Å². The van der Waals surface area contributed by atoms with E-state index in [0.29, 0.717) is 35.4 Å². The fourth-order valence-electron chi connectivity index (χ4n) is 3.19. The molecular weight excluding hydrogens is 551 g/mol. The van der Waals surface area contributed by atoms with Crippen LogP contribution in [0.2, 0.25) is 5.02 Å². The third-order valence-corrected chi connectivity index (χ3v) is 6.38. The molecule has 5 nitrogen and oxygen atoms in total. The summed E-state index contributed by atoms with van der Waals surface area (Å²) < 4.78 is 12.6. The van der Waals surface area contributed by atoms with E-state index in [1.807, 2.05) is 38.1 Å². The predicted molar refractivity (Wildman–Crippen MR) is 144 cm³/mol. The molecule has 3 rings (SSSR count). The molecule has 7 heteroatoms. The van der Waals surface area contributed by atoms with E-state index in [0.717, 1.165) is 20.4 Å². The molecule has 33 heavy (non-hydrogen) atoms. The van der Waals surface area contributed by atoms with Crippen LogP contribution in [0.5, 0.6) is 11.5 Å². The number of hydrogen-bond donors (Lipinski definition) is 2. The first kappa shape index (κ1) is 25.2. The molecule has 0 saturated carbocycles. The highest BCUT2D eigenvalue weighted by Crippen LogP contribution is 2.34. The Balaban J connectivity index is 1.67. The molecule has 3 aromatic rings. The van der Waals surface area contributed by atoms with Gasteiger partial charge in [0.2, 0.25) is 0 Å². The zero-order chi connectivity index (χ0) is 24.0. The van der Waals surface area contributed by atoms with Crippen molar-refractivity contribution < 1.29 is 14.3 Å². The molecule has 174 valence electrons. The van der Waals surface area contributed by atoms with Gasteiger partial charge in [-0.3, -0.25) is 4.79 Å². The highest BCUT2D eigenvalue weighted by Gasteiger charge is 2.15. The number of carbonyl (C=O) groups is 1. The van der Waals surface area contributed by atoms with E-state index in [1.165, 1.54) is 11.1 Å². The number of benzene rings is 3. The van der Waals surface area contributed by atoms with Crippen molar-refractivity contribution in [3.63, 3.8) is 0 Å². The maximum atomic E-state index is 12.4. The van der Waals surface area contributed by atoms with Gasteiger partial charge in [-0.15, -0.1) is 0 Å². The number of halogens is 2. The zero-order valence-electron chi connectivity index (χ0n) is 19.2. The van der Waals surface area contributed by atoms with Crippen molar-refractivity contribution in [2.45, 2.75) is 34.2 Å². The zero-order valence-corrected chi connectivity index (χ0v) is 22.1. The summed E-state index contributed by atoms with van der Waals surface area (Å²) in [5, 5.41) is 6.87. The molecule has 0 radical (unpaired) electrons. The van der Waals surface area contributed by atoms with Gasteiger partial charge in [0.05, 0.1) is 10.2 Å². The minimum absolute atomic E-state index is 0.137. The third-order valence-electron chi connectivity index (χ3n) is 5.18. The number of hydrogen-bond acceptors (Lipinski definition) is 4. The first-order valence-electron chi connectivity index (χ1n) is 10.7. The van der Waals surface area contributed by atoms with Crippen LogP contribution in [0.3, 0.4) is 0 Å². The van der Waals surface area contributed by atoms with E-state index in [9.17, 15) is 4.79 Å². The lowest BCUT2D eigenvalue weighted by Crippen LogP contribution is -2.20. The number of rotatable bonds is 9. The van der Waals surface area contributed by atoms with Crippen molar-refractivity contribution in [2.75, 3.05) is 23.8 Å². The van der Waals surface area contributed by atoms with Crippen molar-refractivity contribution in [2.24, 2.45) is 0 Å². The van der Waals surface area contributed by atoms with Crippen LogP contribution in [0, 0.1) is 24.3 Å². The topological polar surface area (TPSA) is 59.6 Å². The monoisotopic (exact) mass is 578 g/mol. The lowest BCUT2D eigenvalue weighted by Gasteiger charge is -2.16. The average Bonchev–Trinajstić information content (AvgIpc) is 2.77. The molecule has 0 heterocycles. The Kier molecular flexibility index (Phi) is 8.86. The first-order chi connectivity index (χ1) is 15.8. The molecule has 1 amide bonds. The molecule has 0 unspecified atom stereocenters. The number of anilines is 2. The SMILES string of the molecule is CCOc1cc(CNc2ccc(C)c(C)c2)cc(I)c1OCC(=O)Nc1ccc(C)c(Cl)c1. The number of aryl methyl sites for hydroxylation is 3. The Morgan fingerprint density at radius 3 is 2.36 bits per heavy atom. The number of carbonyl (C=O) groups excluding carboxylic acids is 1. The van der Waals surface area contributed by atoms with Gasteiger partial charge in [0.15, 0.2) is 18.1 Å². The second-order valence-corrected chi connectivity index (χ2v) is 9.36. The summed E-state index contributed by atoms with van der Waals surface area (Å²) in [4.78, 5) is 12.4. The molecule has 2 N–H and O–H groups in total. The molecule has 0 aliphatic heterocycles. The third kappa shape index (κ3) is 7.01. The van der Waals surface area contributed by atoms with Crippen molar-refractivity contribution in [1.82, 2.24) is 0 Å². The molecule has 0 spiro atoms. The van der Waals surface area contributed by atoms with Crippen molar-refractivity contribution >= 4 is 51.5 Å². The highest BCUT2D eigenvalue weighted by molar-refractivity contribution is 14.1. The minimum atomic E-state index is -0.270. The summed E-state index contributed by atoms with van der Waals surface area (Å²) in [6, 6.07) is 15.7. The highest BCUT2D eigenvalue weighted by atomic mass is 127. The Bertz CT molecular complexity index is 1150. The normalized spacial score (nSPS) is 10.6. The predicted octanol–water partition coefficient (Wildman–Crippen LogP) is 6.90. The van der Waals surface area contributed by atoms with Crippen LogP contribution in [-0.4, -0.2) is 19.1 Å². The van der Waals surface area contributed by atoms with Crippen LogP contribution >= 0.6 is 34.2 Å². The Morgan fingerprint density at radius 2 is 1.67 bits per heavy atom. The fraction of sp³-hybridized carbons (Fsp3) is 0.269. The molecule has 3 aromatic carbocycles. The maximum absolute atomic E-state index is 12.4. The summed E-state index contributed by atoms with van der Waals surface area (Å²) in [7, 11) is 0. The van der Waals surface area contributed by atoms with E-state index in [1.54, 1.807) is 6.07 Å². The van der Waals surface area contributed by atoms with Crippen LogP contribution < -0.4 is 20.1 Å². The van der Waals surface area contributed by atoms with Crippen LogP contribution in [0.15, 0.2) is 48.5 Å². The summed E-state index contributed by atoms with van der Waals surface area (Å²) in [6.07, 6.45) is 0. The van der Waals surface area contributed by atoms with Crippen molar-refractivity contribution in [1.29, 1.82) is 0 Å². The number of nitrogens with one attached hydrogen (secondary N) is 2. The van der Waals surface area contributed by atoms with E-state index < -0.39 is 0 Å². The van der Waals surface area contributed by atoms with Gasteiger partial charge in [0, 0.05) is 22.9 Å². The minimum Gasteiger partial charge on any atom is -0.490 e. The quantitative estimate of drug-likeness (QED) is 0.271. The van der Waals surface area contributed by atoms with Gasteiger partial charge in [-0.05, 0) is 109 Å². The Hall–Kier alpha value is -2.45. The summed E-state index contributed by atoms with van der Waals surface area (Å²) in [6.45, 7) is 9.04. The first-order valence-corrected chi connectivity index (χ1v) is 12.2. The van der Waals surface area contributed by atoms with E-state index in [4.69, 9.17) is 21.1 Å². The van der Waals surface area contributed by atoms with Gasteiger partial charge >= 0.3 is 0 Å². The standard InChI is InChI=1S/C26H28ClIN2O3/c1-5-32-24-12-19(14-29-20-8-6-16(2)18(4)10-20)11-23(28)26(24)33-15-25(31)30-21-9-7-17(3)22(27)13-21/h6-13,29H,5,14-15H2,1-4H3,(H,30,31). The molecule has 0 bridgehead atoms. The van der Waals surface area contributed by atoms with E-state index in [2.05, 4.69) is 65.3 Å². The number of ether oxygens (including phenoxy) is 2. The molecule has 0 aliphatic carbocycles. The summed E-state index contributed by atoms with van der Waals surface area (Å²) >= 11 is 8.35. The molecule has 0 fully saturated rings. The Morgan fingerprint density at radius 1 is 0.939 bits per heavy atom. The van der Waals surface area contributed by atoms with Gasteiger partial charge in [-0.25, -0.2) is 0 Å². The molecule has 0 saturated heterocycles. The fourth-order valence-corrected chi connectivity index (χ4v) is 4.19. The molecule has 0 aliphatic rings. The van der Waals surface area contributed by atoms with E-state index in [-0.39, 0.29) is 12.5 Å². The number of amides is 1. The van der Waals surface area contributed by atoms with Gasteiger partial charge in [0.1, 0.15) is 0 Å². The largest absolute Gasteiger partial charge is 0.490 e. The Labute approximate surface area is 214 Å². The molecular formula is C26H28ClIN2O3. The average molecular weight is 579 g/mol. The smallest absolute Gasteiger partial charge is 0.262 e. The van der Waals surface area contributed by atoms with Crippen LogP contribution in [-0.2, 0) is 11.3 Å². The summed E-state index contributed by atoms with van der Waals surface area (Å²) in [5.41, 5.74) is 6.23. The van der Waals surface area contributed by atoms with Gasteiger partial charge < -0.3 is 20.1 Å². The lowest BCUT2D eigenvalue weighted by atomic mass is 10.1. The van der Waals surface area contributed by atoms with Gasteiger partial charge in [-0.1, -0.05) is 23.7 Å². The van der Waals surface area contributed by atoms with Crippen molar-refractivity contribution in [3.05, 3.63) is 79.4 Å². The maximum Gasteiger partial charge on any atom is 0.262 e. The van der Waals surface area contributed by atoms with Crippen LogP contribution in [0.4, 0.5) is 11.4 Å². The second kappa shape index (κ2) is 11.6.